The highest BCUT2D eigenvalue weighted by atomic mass is 16.5. The Bertz CT molecular complexity index is 1120. The number of amides is 4. The van der Waals surface area contributed by atoms with Crippen molar-refractivity contribution >= 4 is 35.6 Å². The molecule has 1 fully saturated rings. The van der Waals surface area contributed by atoms with E-state index in [1.165, 1.54) is 6.08 Å². The molecule has 1 aliphatic rings. The highest BCUT2D eigenvalue weighted by molar-refractivity contribution is 6.39. The van der Waals surface area contributed by atoms with Crippen LogP contribution in [0.3, 0.4) is 0 Å². The van der Waals surface area contributed by atoms with Crippen LogP contribution in [0.5, 0.6) is 5.75 Å². The second-order valence-electron chi connectivity index (χ2n) is 7.02. The lowest BCUT2D eigenvalue weighted by molar-refractivity contribution is -0.139. The monoisotopic (exact) mass is 434 g/mol. The molecule has 164 valence electrons. The molecular formula is C24H22N2O6. The number of rotatable bonds is 8. The highest BCUT2D eigenvalue weighted by Gasteiger charge is 2.36. The third-order valence-electron chi connectivity index (χ3n) is 4.82. The van der Waals surface area contributed by atoms with Crippen molar-refractivity contribution in [2.75, 3.05) is 11.5 Å². The molecule has 1 aliphatic heterocycles. The van der Waals surface area contributed by atoms with Crippen LogP contribution in [0, 0.1) is 0 Å². The van der Waals surface area contributed by atoms with Gasteiger partial charge < -0.3 is 9.84 Å². The smallest absolute Gasteiger partial charge is 0.341 e. The molecule has 8 nitrogen and oxygen atoms in total. The summed E-state index contributed by atoms with van der Waals surface area (Å²) in [7, 11) is 0. The van der Waals surface area contributed by atoms with Crippen LogP contribution >= 0.6 is 0 Å². The first-order valence-electron chi connectivity index (χ1n) is 9.92. The average molecular weight is 434 g/mol. The number of carboxylic acid groups (broad SMARTS) is 1. The molecule has 0 spiro atoms. The number of barbiturate groups is 1. The molecule has 0 aliphatic carbocycles. The summed E-state index contributed by atoms with van der Waals surface area (Å²) in [6, 6.07) is 10.9. The van der Waals surface area contributed by atoms with Crippen molar-refractivity contribution in [3.05, 3.63) is 77.4 Å². The lowest BCUT2D eigenvalue weighted by Crippen LogP contribution is -2.54. The Balaban J connectivity index is 1.94. The Kier molecular flexibility index (Phi) is 6.84. The number of carbonyl (C=O) groups is 4. The van der Waals surface area contributed by atoms with E-state index in [4.69, 9.17) is 9.84 Å². The van der Waals surface area contributed by atoms with Crippen LogP contribution in [-0.4, -0.2) is 35.5 Å². The number of carboxylic acids is 1. The maximum Gasteiger partial charge on any atom is 0.341 e. The molecule has 3 rings (SSSR count). The van der Waals surface area contributed by atoms with Gasteiger partial charge in [-0.05, 0) is 59.9 Å². The van der Waals surface area contributed by atoms with E-state index in [0.717, 1.165) is 16.9 Å². The van der Waals surface area contributed by atoms with Gasteiger partial charge in [-0.25, -0.2) is 14.5 Å². The number of hydrogen-bond acceptors (Lipinski definition) is 5. The van der Waals surface area contributed by atoms with Crippen LogP contribution in [0.25, 0.3) is 6.08 Å². The number of urea groups is 1. The van der Waals surface area contributed by atoms with Gasteiger partial charge in [0, 0.05) is 0 Å². The van der Waals surface area contributed by atoms with Gasteiger partial charge in [0.15, 0.2) is 6.61 Å². The van der Waals surface area contributed by atoms with Gasteiger partial charge in [0.05, 0.1) is 5.69 Å². The fourth-order valence-electron chi connectivity index (χ4n) is 3.22. The Hall–Kier alpha value is -4.20. The van der Waals surface area contributed by atoms with E-state index in [9.17, 15) is 19.2 Å². The molecule has 0 saturated carbocycles. The Labute approximate surface area is 184 Å². The predicted octanol–water partition coefficient (Wildman–Crippen LogP) is 3.11. The van der Waals surface area contributed by atoms with E-state index in [2.05, 4.69) is 11.9 Å². The molecule has 2 aromatic rings. The first-order valence-corrected chi connectivity index (χ1v) is 9.92. The van der Waals surface area contributed by atoms with E-state index in [1.54, 1.807) is 36.4 Å². The van der Waals surface area contributed by atoms with E-state index >= 15 is 0 Å². The topological polar surface area (TPSA) is 113 Å². The highest BCUT2D eigenvalue weighted by Crippen LogP contribution is 2.25. The van der Waals surface area contributed by atoms with Crippen molar-refractivity contribution in [2.45, 2.75) is 19.8 Å². The summed E-state index contributed by atoms with van der Waals surface area (Å²) in [6.07, 6.45) is 4.20. The number of allylic oxidation sites excluding steroid dienone is 1. The summed E-state index contributed by atoms with van der Waals surface area (Å²) in [4.78, 5) is 49.5. The third-order valence-corrected chi connectivity index (χ3v) is 4.82. The van der Waals surface area contributed by atoms with Gasteiger partial charge >= 0.3 is 12.0 Å². The molecule has 2 aromatic carbocycles. The fraction of sp³-hybridized carbons (Fsp3) is 0.167. The van der Waals surface area contributed by atoms with E-state index in [-0.39, 0.29) is 5.57 Å². The minimum Gasteiger partial charge on any atom is -0.482 e. The number of carbonyl (C=O) groups excluding carboxylic acids is 3. The molecule has 0 bridgehead atoms. The van der Waals surface area contributed by atoms with Crippen LogP contribution in [0.15, 0.2) is 60.7 Å². The number of imide groups is 2. The number of aliphatic carboxylic acids is 1. The van der Waals surface area contributed by atoms with Crippen LogP contribution in [0.4, 0.5) is 10.5 Å². The summed E-state index contributed by atoms with van der Waals surface area (Å²) >= 11 is 0. The van der Waals surface area contributed by atoms with Gasteiger partial charge in [-0.15, -0.1) is 6.58 Å². The second-order valence-corrected chi connectivity index (χ2v) is 7.02. The van der Waals surface area contributed by atoms with E-state index in [0.29, 0.717) is 29.0 Å². The lowest BCUT2D eigenvalue weighted by Gasteiger charge is -2.26. The van der Waals surface area contributed by atoms with Crippen molar-refractivity contribution < 1.29 is 29.0 Å². The van der Waals surface area contributed by atoms with Gasteiger partial charge in [0.25, 0.3) is 11.8 Å². The number of nitrogens with one attached hydrogen (secondary N) is 1. The summed E-state index contributed by atoms with van der Waals surface area (Å²) in [5.41, 5.74) is 2.35. The molecular weight excluding hydrogens is 412 g/mol. The number of ether oxygens (including phenoxy) is 1. The average Bonchev–Trinajstić information content (AvgIpc) is 2.76. The standard InChI is InChI=1S/C24H22N2O6/c1-3-5-17-12-16(8-11-20(17)32-14-21(27)28)13-19-22(29)25-24(31)26(23(19)30)18-9-6-15(4-2)7-10-18/h3,6-13H,1,4-5,14H2,2H3,(H,27,28)(H,25,29,31)/b19-13-. The largest absolute Gasteiger partial charge is 0.482 e. The zero-order valence-electron chi connectivity index (χ0n) is 17.5. The second kappa shape index (κ2) is 9.74. The zero-order valence-corrected chi connectivity index (χ0v) is 17.5. The van der Waals surface area contributed by atoms with Gasteiger partial charge in [0.1, 0.15) is 11.3 Å². The van der Waals surface area contributed by atoms with Crippen molar-refractivity contribution in [2.24, 2.45) is 0 Å². The number of anilines is 1. The minimum absolute atomic E-state index is 0.201. The number of nitrogens with zero attached hydrogens (tertiary/aromatic N) is 1. The van der Waals surface area contributed by atoms with Crippen molar-refractivity contribution in [3.63, 3.8) is 0 Å². The third kappa shape index (κ3) is 4.92. The van der Waals surface area contributed by atoms with Crippen LogP contribution in [0.2, 0.25) is 0 Å². The van der Waals surface area contributed by atoms with E-state index in [1.807, 2.05) is 19.1 Å². The van der Waals surface area contributed by atoms with Crippen LogP contribution in [-0.2, 0) is 27.2 Å². The van der Waals surface area contributed by atoms with Gasteiger partial charge in [0.2, 0.25) is 0 Å². The summed E-state index contributed by atoms with van der Waals surface area (Å²) < 4.78 is 5.28. The summed E-state index contributed by atoms with van der Waals surface area (Å²) in [6.45, 7) is 5.17. The van der Waals surface area contributed by atoms with Gasteiger partial charge in [-0.3, -0.25) is 14.9 Å². The van der Waals surface area contributed by atoms with Crippen molar-refractivity contribution in [3.8, 4) is 5.75 Å². The van der Waals surface area contributed by atoms with Crippen LogP contribution in [0.1, 0.15) is 23.6 Å². The summed E-state index contributed by atoms with van der Waals surface area (Å²) in [5, 5.41) is 11.0. The number of aryl methyl sites for hydroxylation is 1. The number of benzene rings is 2. The molecule has 4 amide bonds. The lowest BCUT2D eigenvalue weighted by atomic mass is 10.0. The molecule has 0 radical (unpaired) electrons. The first kappa shape index (κ1) is 22.5. The molecule has 0 unspecified atom stereocenters. The summed E-state index contributed by atoms with van der Waals surface area (Å²) in [5.74, 6) is -2.28. The SMILES string of the molecule is C=CCc1cc(/C=C2/C(=O)NC(=O)N(c3ccc(CC)cc3)C2=O)ccc1OCC(=O)O. The van der Waals surface area contributed by atoms with Crippen molar-refractivity contribution in [1.82, 2.24) is 5.32 Å². The Morgan fingerprint density at radius 3 is 2.50 bits per heavy atom. The molecule has 0 atom stereocenters. The first-order chi connectivity index (χ1) is 15.3. The van der Waals surface area contributed by atoms with Crippen LogP contribution < -0.4 is 15.0 Å². The van der Waals surface area contributed by atoms with E-state index < -0.39 is 30.4 Å². The number of hydrogen-bond donors (Lipinski definition) is 2. The Morgan fingerprint density at radius 2 is 1.88 bits per heavy atom. The van der Waals surface area contributed by atoms with Gasteiger partial charge in [-0.2, -0.15) is 0 Å². The molecule has 0 aromatic heterocycles. The quantitative estimate of drug-likeness (QED) is 0.375. The fourth-order valence-corrected chi connectivity index (χ4v) is 3.22. The Morgan fingerprint density at radius 1 is 1.16 bits per heavy atom. The maximum absolute atomic E-state index is 13.0. The molecule has 1 saturated heterocycles. The van der Waals surface area contributed by atoms with Gasteiger partial charge in [-0.1, -0.05) is 31.2 Å². The minimum atomic E-state index is -1.11. The zero-order chi connectivity index (χ0) is 23.3. The molecule has 32 heavy (non-hydrogen) atoms. The predicted molar refractivity (Wildman–Crippen MR) is 118 cm³/mol. The van der Waals surface area contributed by atoms with Crippen molar-refractivity contribution in [1.29, 1.82) is 0 Å². The molecule has 1 heterocycles. The molecule has 2 N–H and O–H groups in total. The normalized spacial score (nSPS) is 15.0. The maximum atomic E-state index is 13.0. The molecule has 8 heteroatoms.